The van der Waals surface area contributed by atoms with Crippen LogP contribution in [-0.4, -0.2) is 44.7 Å². The molecule has 0 radical (unpaired) electrons. The fourth-order valence-electron chi connectivity index (χ4n) is 3.45. The minimum absolute atomic E-state index is 0.0206. The van der Waals surface area contributed by atoms with E-state index >= 15 is 0 Å². The van der Waals surface area contributed by atoms with Gasteiger partial charge in [-0.25, -0.2) is 9.67 Å². The molecule has 1 saturated heterocycles. The van der Waals surface area contributed by atoms with E-state index in [4.69, 9.17) is 0 Å². The molecule has 0 aliphatic carbocycles. The minimum Gasteiger partial charge on any atom is -0.323 e. The summed E-state index contributed by atoms with van der Waals surface area (Å²) in [5.74, 6) is 0.0838. The second-order valence-electron chi connectivity index (χ2n) is 6.86. The van der Waals surface area contributed by atoms with Crippen molar-refractivity contribution < 1.29 is 4.79 Å². The highest BCUT2D eigenvalue weighted by Crippen LogP contribution is 2.22. The van der Waals surface area contributed by atoms with Gasteiger partial charge in [0.25, 0.3) is 0 Å². The summed E-state index contributed by atoms with van der Waals surface area (Å²) in [6, 6.07) is 2.20. The summed E-state index contributed by atoms with van der Waals surface area (Å²) < 4.78 is 1.89. The van der Waals surface area contributed by atoms with Crippen molar-refractivity contribution in [2.45, 2.75) is 58.5 Å². The van der Waals surface area contributed by atoms with E-state index in [-0.39, 0.29) is 18.0 Å². The largest absolute Gasteiger partial charge is 0.323 e. The Bertz CT molecular complexity index is 706. The van der Waals surface area contributed by atoms with Crippen molar-refractivity contribution in [1.82, 2.24) is 19.7 Å². The molecular weight excluding hydrogens is 302 g/mol. The van der Waals surface area contributed by atoms with Gasteiger partial charge in [0.1, 0.15) is 0 Å². The van der Waals surface area contributed by atoms with Crippen LogP contribution in [0.2, 0.25) is 0 Å². The first-order chi connectivity index (χ1) is 11.6. The lowest BCUT2D eigenvalue weighted by molar-refractivity contribution is -0.122. The van der Waals surface area contributed by atoms with Crippen LogP contribution in [-0.2, 0) is 4.79 Å². The molecule has 1 atom stereocenters. The smallest absolute Gasteiger partial charge is 0.241 e. The number of carbonyl (C=O) groups excluding carboxylic acids is 1. The summed E-state index contributed by atoms with van der Waals surface area (Å²) in [7, 11) is 0. The Morgan fingerprint density at radius 3 is 2.96 bits per heavy atom. The lowest BCUT2D eigenvalue weighted by atomic mass is 10.0. The first-order valence-corrected chi connectivity index (χ1v) is 8.98. The number of amides is 1. The fraction of sp³-hybridized carbons (Fsp3) is 0.611. The van der Waals surface area contributed by atoms with E-state index in [1.165, 1.54) is 6.42 Å². The fourth-order valence-corrected chi connectivity index (χ4v) is 3.45. The molecule has 1 unspecified atom stereocenters. The van der Waals surface area contributed by atoms with Crippen LogP contribution in [0, 0.1) is 0 Å². The number of nitrogens with zero attached hydrogens (tertiary/aromatic N) is 4. The molecule has 1 aliphatic heterocycles. The molecule has 3 heterocycles. The molecule has 1 amide bonds. The Kier molecular flexibility index (Phi) is 5.14. The summed E-state index contributed by atoms with van der Waals surface area (Å²) in [5.41, 5.74) is 1.60. The van der Waals surface area contributed by atoms with E-state index in [1.807, 2.05) is 16.9 Å². The first kappa shape index (κ1) is 16.9. The quantitative estimate of drug-likeness (QED) is 0.915. The summed E-state index contributed by atoms with van der Waals surface area (Å²) >= 11 is 0. The normalized spacial score (nSPS) is 19.1. The lowest BCUT2D eigenvalue weighted by Gasteiger charge is -2.34. The Labute approximate surface area is 143 Å². The molecule has 0 spiro atoms. The number of piperidine rings is 1. The van der Waals surface area contributed by atoms with Crippen LogP contribution in [0.1, 0.15) is 52.5 Å². The van der Waals surface area contributed by atoms with Gasteiger partial charge in [-0.15, -0.1) is 0 Å². The first-order valence-electron chi connectivity index (χ1n) is 8.98. The number of anilines is 1. The number of aromatic nitrogens is 3. The molecule has 1 fully saturated rings. The molecule has 1 aliphatic rings. The molecule has 2 aromatic rings. The highest BCUT2D eigenvalue weighted by atomic mass is 16.2. The summed E-state index contributed by atoms with van der Waals surface area (Å²) in [6.45, 7) is 8.32. The van der Waals surface area contributed by atoms with Gasteiger partial charge in [-0.3, -0.25) is 9.69 Å². The Morgan fingerprint density at radius 2 is 2.21 bits per heavy atom. The average molecular weight is 329 g/mol. The molecule has 3 rings (SSSR count). The van der Waals surface area contributed by atoms with E-state index < -0.39 is 0 Å². The molecule has 0 bridgehead atoms. The van der Waals surface area contributed by atoms with Crippen molar-refractivity contribution in [3.05, 3.63) is 18.5 Å². The van der Waals surface area contributed by atoms with Crippen LogP contribution in [0.4, 0.5) is 5.69 Å². The van der Waals surface area contributed by atoms with Gasteiger partial charge in [0.15, 0.2) is 5.65 Å². The van der Waals surface area contributed by atoms with Crippen LogP contribution in [0.5, 0.6) is 0 Å². The standard InChI is InChI=1S/C18H27N5O/c1-4-8-22-9-6-5-7-16(22)18(24)21-15-10-14-11-20-23(13(2)3)17(14)19-12-15/h10-13,16H,4-9H2,1-3H3,(H,21,24). The van der Waals surface area contributed by atoms with E-state index in [0.29, 0.717) is 0 Å². The average Bonchev–Trinajstić information content (AvgIpc) is 2.99. The van der Waals surface area contributed by atoms with Gasteiger partial charge in [0.05, 0.1) is 24.1 Å². The third kappa shape index (κ3) is 3.43. The van der Waals surface area contributed by atoms with E-state index in [0.717, 1.165) is 49.1 Å². The molecule has 1 N–H and O–H groups in total. The highest BCUT2D eigenvalue weighted by Gasteiger charge is 2.28. The maximum atomic E-state index is 12.7. The second kappa shape index (κ2) is 7.30. The zero-order chi connectivity index (χ0) is 17.1. The third-order valence-corrected chi connectivity index (χ3v) is 4.62. The summed E-state index contributed by atoms with van der Waals surface area (Å²) in [4.78, 5) is 19.5. The topological polar surface area (TPSA) is 63.1 Å². The van der Waals surface area contributed by atoms with Crippen molar-refractivity contribution in [2.75, 3.05) is 18.4 Å². The number of pyridine rings is 1. The Balaban J connectivity index is 1.75. The number of hydrogen-bond acceptors (Lipinski definition) is 4. The van der Waals surface area contributed by atoms with Crippen LogP contribution in [0.25, 0.3) is 11.0 Å². The van der Waals surface area contributed by atoms with Crippen LogP contribution >= 0.6 is 0 Å². The van der Waals surface area contributed by atoms with Crippen molar-refractivity contribution in [1.29, 1.82) is 0 Å². The molecule has 2 aromatic heterocycles. The van der Waals surface area contributed by atoms with Gasteiger partial charge in [-0.2, -0.15) is 5.10 Å². The third-order valence-electron chi connectivity index (χ3n) is 4.62. The van der Waals surface area contributed by atoms with Gasteiger partial charge >= 0.3 is 0 Å². The van der Waals surface area contributed by atoms with Crippen molar-refractivity contribution >= 4 is 22.6 Å². The second-order valence-corrected chi connectivity index (χ2v) is 6.86. The number of fused-ring (bicyclic) bond motifs is 1. The van der Waals surface area contributed by atoms with Gasteiger partial charge < -0.3 is 5.32 Å². The molecule has 24 heavy (non-hydrogen) atoms. The minimum atomic E-state index is -0.0206. The maximum Gasteiger partial charge on any atom is 0.241 e. The summed E-state index contributed by atoms with van der Waals surface area (Å²) in [6.07, 6.45) is 7.86. The zero-order valence-electron chi connectivity index (χ0n) is 14.8. The number of nitrogens with one attached hydrogen (secondary N) is 1. The van der Waals surface area contributed by atoms with Gasteiger partial charge in [-0.1, -0.05) is 13.3 Å². The summed E-state index contributed by atoms with van der Waals surface area (Å²) in [5, 5.41) is 8.38. The molecule has 0 aromatic carbocycles. The van der Waals surface area contributed by atoms with E-state index in [1.54, 1.807) is 6.20 Å². The van der Waals surface area contributed by atoms with Crippen molar-refractivity contribution in [3.8, 4) is 0 Å². The number of hydrogen-bond donors (Lipinski definition) is 1. The van der Waals surface area contributed by atoms with Gasteiger partial charge in [-0.05, 0) is 52.3 Å². The van der Waals surface area contributed by atoms with Crippen LogP contribution in [0.3, 0.4) is 0 Å². The maximum absolute atomic E-state index is 12.7. The van der Waals surface area contributed by atoms with E-state index in [2.05, 4.69) is 41.1 Å². The van der Waals surface area contributed by atoms with Crippen LogP contribution in [0.15, 0.2) is 18.5 Å². The van der Waals surface area contributed by atoms with Gasteiger partial charge in [0, 0.05) is 11.4 Å². The predicted molar refractivity (Wildman–Crippen MR) is 96.0 cm³/mol. The molecule has 6 nitrogen and oxygen atoms in total. The van der Waals surface area contributed by atoms with Crippen LogP contribution < -0.4 is 5.32 Å². The molecule has 130 valence electrons. The molecule has 6 heteroatoms. The van der Waals surface area contributed by atoms with E-state index in [9.17, 15) is 4.79 Å². The SMILES string of the molecule is CCCN1CCCCC1C(=O)Nc1cnc2c(cnn2C(C)C)c1. The highest BCUT2D eigenvalue weighted by molar-refractivity contribution is 5.96. The monoisotopic (exact) mass is 329 g/mol. The van der Waals surface area contributed by atoms with Crippen molar-refractivity contribution in [2.24, 2.45) is 0 Å². The number of rotatable bonds is 5. The Hall–Kier alpha value is -1.95. The predicted octanol–water partition coefficient (Wildman–Crippen LogP) is 3.22. The zero-order valence-corrected chi connectivity index (χ0v) is 14.8. The number of carbonyl (C=O) groups is 1. The number of likely N-dealkylation sites (tertiary alicyclic amines) is 1. The molecule has 0 saturated carbocycles. The lowest BCUT2D eigenvalue weighted by Crippen LogP contribution is -2.47. The van der Waals surface area contributed by atoms with Crippen molar-refractivity contribution in [3.63, 3.8) is 0 Å². The van der Waals surface area contributed by atoms with Gasteiger partial charge in [0.2, 0.25) is 5.91 Å². The molecular formula is C18H27N5O. The Morgan fingerprint density at radius 1 is 1.38 bits per heavy atom.